The molecule has 1 nitrogen and oxygen atoms in total. The molecule has 0 saturated carbocycles. The smallest absolute Gasteiger partial charge is 0.193 e. The van der Waals surface area contributed by atoms with Crippen LogP contribution in [0, 0.1) is 0 Å². The van der Waals surface area contributed by atoms with E-state index in [-0.39, 0.29) is 5.78 Å². The Morgan fingerprint density at radius 1 is 0.533 bits per heavy atom. The highest BCUT2D eigenvalue weighted by Gasteiger charge is 2.11. The lowest BCUT2D eigenvalue weighted by molar-refractivity contribution is 0.103. The van der Waals surface area contributed by atoms with E-state index in [1.807, 2.05) is 109 Å². The number of benzene rings is 4. The van der Waals surface area contributed by atoms with Crippen LogP contribution >= 0.6 is 0 Å². The number of rotatable bonds is 6. The van der Waals surface area contributed by atoms with Gasteiger partial charge in [-0.1, -0.05) is 110 Å². The van der Waals surface area contributed by atoms with Crippen LogP contribution in [0.4, 0.5) is 0 Å². The largest absolute Gasteiger partial charge is 0.289 e. The summed E-state index contributed by atoms with van der Waals surface area (Å²) in [6.07, 6.45) is 3.64. The normalized spacial score (nSPS) is 10.4. The van der Waals surface area contributed by atoms with Gasteiger partial charge in [0.25, 0.3) is 0 Å². The maximum absolute atomic E-state index is 13.2. The average molecular weight is 386 g/mol. The van der Waals surface area contributed by atoms with Crippen molar-refractivity contribution < 1.29 is 4.79 Å². The molecule has 0 saturated heterocycles. The number of carbonyl (C=O) groups excluding carboxylic acids is 1. The number of ketones is 1. The predicted molar refractivity (Wildman–Crippen MR) is 127 cm³/mol. The topological polar surface area (TPSA) is 17.1 Å². The highest BCUT2D eigenvalue weighted by atomic mass is 16.1. The molecule has 0 aliphatic carbocycles. The summed E-state index contributed by atoms with van der Waals surface area (Å²) in [5.41, 5.74) is 7.70. The van der Waals surface area contributed by atoms with E-state index in [2.05, 4.69) is 13.2 Å². The SMILES string of the molecule is C=Cc1ccc(-c2cccc(C(=O)c3cccc(-c4ccc(C=C)cc4)c3)c2)cc1. The molecule has 1 heteroatoms. The molecule has 0 fully saturated rings. The average Bonchev–Trinajstić information content (AvgIpc) is 2.84. The number of carbonyl (C=O) groups is 1. The molecule has 0 amide bonds. The highest BCUT2D eigenvalue weighted by molar-refractivity contribution is 6.10. The molecular weight excluding hydrogens is 364 g/mol. The molecule has 0 unspecified atom stereocenters. The van der Waals surface area contributed by atoms with E-state index in [9.17, 15) is 4.79 Å². The molecular formula is C29H22O. The van der Waals surface area contributed by atoms with Gasteiger partial charge in [-0.3, -0.25) is 4.79 Å². The second-order valence-electron chi connectivity index (χ2n) is 7.14. The summed E-state index contributed by atoms with van der Waals surface area (Å²) in [6, 6.07) is 31.9. The number of hydrogen-bond acceptors (Lipinski definition) is 1. The molecule has 0 heterocycles. The van der Waals surface area contributed by atoms with Crippen molar-refractivity contribution in [2.45, 2.75) is 0 Å². The molecule has 0 aromatic heterocycles. The first-order chi connectivity index (χ1) is 14.7. The van der Waals surface area contributed by atoms with E-state index in [0.29, 0.717) is 11.1 Å². The van der Waals surface area contributed by atoms with Crippen LogP contribution in [-0.2, 0) is 0 Å². The molecule has 144 valence electrons. The Morgan fingerprint density at radius 2 is 0.933 bits per heavy atom. The summed E-state index contributed by atoms with van der Waals surface area (Å²) in [5.74, 6) is 0.0177. The monoisotopic (exact) mass is 386 g/mol. The van der Waals surface area contributed by atoms with E-state index >= 15 is 0 Å². The fourth-order valence-corrected chi connectivity index (χ4v) is 3.47. The number of hydrogen-bond donors (Lipinski definition) is 0. The van der Waals surface area contributed by atoms with Crippen molar-refractivity contribution in [3.63, 3.8) is 0 Å². The summed E-state index contributed by atoms with van der Waals surface area (Å²) in [5, 5.41) is 0. The van der Waals surface area contributed by atoms with Crippen LogP contribution in [0.5, 0.6) is 0 Å². The van der Waals surface area contributed by atoms with Crippen LogP contribution in [0.15, 0.2) is 110 Å². The van der Waals surface area contributed by atoms with Gasteiger partial charge in [-0.05, 0) is 45.5 Å². The third kappa shape index (κ3) is 4.06. The zero-order chi connectivity index (χ0) is 20.9. The second-order valence-corrected chi connectivity index (χ2v) is 7.14. The van der Waals surface area contributed by atoms with Gasteiger partial charge in [0.1, 0.15) is 0 Å². The molecule has 0 aliphatic rings. The van der Waals surface area contributed by atoms with Crippen molar-refractivity contribution in [2.24, 2.45) is 0 Å². The summed E-state index contributed by atoms with van der Waals surface area (Å²) in [4.78, 5) is 13.2. The molecule has 4 rings (SSSR count). The van der Waals surface area contributed by atoms with Crippen LogP contribution in [0.3, 0.4) is 0 Å². The Morgan fingerprint density at radius 3 is 1.30 bits per heavy atom. The summed E-state index contributed by atoms with van der Waals surface area (Å²) in [7, 11) is 0. The molecule has 30 heavy (non-hydrogen) atoms. The third-order valence-corrected chi connectivity index (χ3v) is 5.21. The van der Waals surface area contributed by atoms with Gasteiger partial charge in [0, 0.05) is 11.1 Å². The van der Waals surface area contributed by atoms with Crippen molar-refractivity contribution in [2.75, 3.05) is 0 Å². The molecule has 4 aromatic rings. The quantitative estimate of drug-likeness (QED) is 0.313. The van der Waals surface area contributed by atoms with Crippen LogP contribution in [-0.4, -0.2) is 5.78 Å². The van der Waals surface area contributed by atoms with Gasteiger partial charge in [-0.2, -0.15) is 0 Å². The summed E-state index contributed by atoms with van der Waals surface area (Å²) in [6.45, 7) is 7.59. The van der Waals surface area contributed by atoms with Crippen LogP contribution in [0.1, 0.15) is 27.0 Å². The van der Waals surface area contributed by atoms with Crippen molar-refractivity contribution in [1.82, 2.24) is 0 Å². The maximum atomic E-state index is 13.2. The van der Waals surface area contributed by atoms with E-state index < -0.39 is 0 Å². The van der Waals surface area contributed by atoms with Gasteiger partial charge in [0.2, 0.25) is 0 Å². The Kier molecular flexibility index (Phi) is 5.54. The Balaban J connectivity index is 1.64. The van der Waals surface area contributed by atoms with Gasteiger partial charge >= 0.3 is 0 Å². The first-order valence-corrected chi connectivity index (χ1v) is 9.88. The first-order valence-electron chi connectivity index (χ1n) is 9.88. The molecule has 0 spiro atoms. The third-order valence-electron chi connectivity index (χ3n) is 5.21. The Hall–Kier alpha value is -3.97. The van der Waals surface area contributed by atoms with E-state index in [0.717, 1.165) is 33.4 Å². The van der Waals surface area contributed by atoms with E-state index in [1.165, 1.54) is 0 Å². The lowest BCUT2D eigenvalue weighted by Gasteiger charge is -2.08. The van der Waals surface area contributed by atoms with Crippen LogP contribution in [0.2, 0.25) is 0 Å². The van der Waals surface area contributed by atoms with Crippen molar-refractivity contribution in [3.8, 4) is 22.3 Å². The molecule has 0 atom stereocenters. The Labute approximate surface area is 177 Å². The Bertz CT molecular complexity index is 1110. The zero-order valence-corrected chi connectivity index (χ0v) is 16.7. The van der Waals surface area contributed by atoms with Crippen molar-refractivity contribution >= 4 is 17.9 Å². The molecule has 0 aliphatic heterocycles. The van der Waals surface area contributed by atoms with E-state index in [4.69, 9.17) is 0 Å². The predicted octanol–water partition coefficient (Wildman–Crippen LogP) is 7.54. The standard InChI is InChI=1S/C29H22O/c1-3-21-11-15-23(16-12-21)25-7-5-9-27(19-25)29(30)28-10-6-8-26(20-28)24-17-13-22(4-2)14-18-24/h3-20H,1-2H2. The minimum Gasteiger partial charge on any atom is -0.289 e. The lowest BCUT2D eigenvalue weighted by atomic mass is 9.95. The maximum Gasteiger partial charge on any atom is 0.193 e. The molecule has 0 radical (unpaired) electrons. The fraction of sp³-hybridized carbons (Fsp3) is 0. The molecule has 0 N–H and O–H groups in total. The van der Waals surface area contributed by atoms with Gasteiger partial charge in [0.05, 0.1) is 0 Å². The fourth-order valence-electron chi connectivity index (χ4n) is 3.47. The van der Waals surface area contributed by atoms with Crippen molar-refractivity contribution in [3.05, 3.63) is 132 Å². The van der Waals surface area contributed by atoms with Gasteiger partial charge in [0.15, 0.2) is 5.78 Å². The lowest BCUT2D eigenvalue weighted by Crippen LogP contribution is -2.01. The highest BCUT2D eigenvalue weighted by Crippen LogP contribution is 2.25. The van der Waals surface area contributed by atoms with Crippen LogP contribution < -0.4 is 0 Å². The summed E-state index contributed by atoms with van der Waals surface area (Å²) >= 11 is 0. The summed E-state index contributed by atoms with van der Waals surface area (Å²) < 4.78 is 0. The van der Waals surface area contributed by atoms with Gasteiger partial charge in [-0.15, -0.1) is 0 Å². The zero-order valence-electron chi connectivity index (χ0n) is 16.7. The van der Waals surface area contributed by atoms with Gasteiger partial charge in [-0.25, -0.2) is 0 Å². The minimum absolute atomic E-state index is 0.0177. The molecule has 0 bridgehead atoms. The first kappa shape index (κ1) is 19.4. The van der Waals surface area contributed by atoms with Gasteiger partial charge < -0.3 is 0 Å². The van der Waals surface area contributed by atoms with E-state index in [1.54, 1.807) is 0 Å². The minimum atomic E-state index is 0.0177. The van der Waals surface area contributed by atoms with Crippen molar-refractivity contribution in [1.29, 1.82) is 0 Å². The van der Waals surface area contributed by atoms with Crippen LogP contribution in [0.25, 0.3) is 34.4 Å². The second kappa shape index (κ2) is 8.59. The molecule has 4 aromatic carbocycles.